The van der Waals surface area contributed by atoms with Crippen LogP contribution in [0.25, 0.3) is 10.6 Å². The maximum atomic E-state index is 12.2. The van der Waals surface area contributed by atoms with Gasteiger partial charge >= 0.3 is 5.97 Å². The molecule has 0 spiro atoms. The van der Waals surface area contributed by atoms with Gasteiger partial charge in [-0.25, -0.2) is 9.78 Å². The average molecular weight is 354 g/mol. The first kappa shape index (κ1) is 16.7. The molecule has 6 nitrogen and oxygen atoms in total. The lowest BCUT2D eigenvalue weighted by Gasteiger charge is -2.03. The van der Waals surface area contributed by atoms with E-state index >= 15 is 0 Å². The van der Waals surface area contributed by atoms with Crippen LogP contribution in [0.5, 0.6) is 5.75 Å². The molecule has 1 heterocycles. The number of aromatic nitrogens is 1. The summed E-state index contributed by atoms with van der Waals surface area (Å²) in [6, 6.07) is 13.2. The Bertz CT molecular complexity index is 902. The molecule has 0 aliphatic rings. The molecule has 0 bridgehead atoms. The molecule has 25 heavy (non-hydrogen) atoms. The molecule has 1 aromatic heterocycles. The SMILES string of the molecule is COc1ccc(C(=O)Nc2cnc(-c3ccc(C(=O)O)cc3)s2)cc1. The van der Waals surface area contributed by atoms with Crippen LogP contribution in [0.2, 0.25) is 0 Å². The summed E-state index contributed by atoms with van der Waals surface area (Å²) in [6.45, 7) is 0. The predicted molar refractivity (Wildman–Crippen MR) is 95.5 cm³/mol. The van der Waals surface area contributed by atoms with Gasteiger partial charge in [0.05, 0.1) is 18.9 Å². The molecule has 0 atom stereocenters. The summed E-state index contributed by atoms with van der Waals surface area (Å²) < 4.78 is 5.07. The number of ether oxygens (including phenoxy) is 1. The smallest absolute Gasteiger partial charge is 0.335 e. The second-order valence-corrected chi connectivity index (χ2v) is 6.13. The molecule has 0 aliphatic carbocycles. The summed E-state index contributed by atoms with van der Waals surface area (Å²) >= 11 is 1.32. The molecule has 2 N–H and O–H groups in total. The van der Waals surface area contributed by atoms with Gasteiger partial charge in [-0.1, -0.05) is 23.5 Å². The van der Waals surface area contributed by atoms with E-state index in [9.17, 15) is 9.59 Å². The van der Waals surface area contributed by atoms with Gasteiger partial charge in [-0.2, -0.15) is 0 Å². The Kier molecular flexibility index (Phi) is 4.76. The first-order chi connectivity index (χ1) is 12.1. The third-order valence-corrected chi connectivity index (χ3v) is 4.44. The van der Waals surface area contributed by atoms with E-state index in [2.05, 4.69) is 10.3 Å². The number of amides is 1. The number of carboxylic acids is 1. The van der Waals surface area contributed by atoms with Crippen molar-refractivity contribution in [3.05, 3.63) is 65.9 Å². The van der Waals surface area contributed by atoms with Crippen molar-refractivity contribution in [2.75, 3.05) is 12.4 Å². The highest BCUT2D eigenvalue weighted by Crippen LogP contribution is 2.29. The van der Waals surface area contributed by atoms with E-state index in [4.69, 9.17) is 9.84 Å². The van der Waals surface area contributed by atoms with Crippen molar-refractivity contribution in [1.82, 2.24) is 4.98 Å². The number of carbonyl (C=O) groups excluding carboxylic acids is 1. The minimum absolute atomic E-state index is 0.216. The molecule has 0 fully saturated rings. The van der Waals surface area contributed by atoms with E-state index in [0.29, 0.717) is 21.3 Å². The van der Waals surface area contributed by atoms with Crippen LogP contribution in [0.15, 0.2) is 54.7 Å². The van der Waals surface area contributed by atoms with Gasteiger partial charge in [0.1, 0.15) is 15.8 Å². The quantitative estimate of drug-likeness (QED) is 0.728. The number of thiazole rings is 1. The van der Waals surface area contributed by atoms with Crippen LogP contribution in [0.4, 0.5) is 5.00 Å². The topological polar surface area (TPSA) is 88.5 Å². The highest BCUT2D eigenvalue weighted by atomic mass is 32.1. The number of nitrogens with one attached hydrogen (secondary N) is 1. The van der Waals surface area contributed by atoms with Crippen LogP contribution in [-0.2, 0) is 0 Å². The van der Waals surface area contributed by atoms with Crippen molar-refractivity contribution in [1.29, 1.82) is 0 Å². The van der Waals surface area contributed by atoms with Gasteiger partial charge in [-0.15, -0.1) is 0 Å². The lowest BCUT2D eigenvalue weighted by atomic mass is 10.1. The van der Waals surface area contributed by atoms with Crippen molar-refractivity contribution in [2.45, 2.75) is 0 Å². The minimum Gasteiger partial charge on any atom is -0.497 e. The number of anilines is 1. The predicted octanol–water partition coefficient (Wildman–Crippen LogP) is 3.77. The molecule has 7 heteroatoms. The molecule has 1 amide bonds. The molecule has 0 saturated heterocycles. The molecule has 0 aliphatic heterocycles. The van der Waals surface area contributed by atoms with Crippen molar-refractivity contribution < 1.29 is 19.4 Å². The van der Waals surface area contributed by atoms with E-state index < -0.39 is 5.97 Å². The Hall–Kier alpha value is -3.19. The number of nitrogens with zero attached hydrogens (tertiary/aromatic N) is 1. The van der Waals surface area contributed by atoms with Gasteiger partial charge in [0.2, 0.25) is 0 Å². The number of rotatable bonds is 5. The van der Waals surface area contributed by atoms with Gasteiger partial charge in [-0.3, -0.25) is 4.79 Å². The van der Waals surface area contributed by atoms with E-state index in [-0.39, 0.29) is 11.5 Å². The van der Waals surface area contributed by atoms with Gasteiger partial charge in [0.15, 0.2) is 0 Å². The normalized spacial score (nSPS) is 10.3. The molecular weight excluding hydrogens is 340 g/mol. The van der Waals surface area contributed by atoms with Crippen LogP contribution >= 0.6 is 11.3 Å². The second-order valence-electron chi connectivity index (χ2n) is 5.09. The Morgan fingerprint density at radius 3 is 2.28 bits per heavy atom. The summed E-state index contributed by atoms with van der Waals surface area (Å²) in [5, 5.41) is 13.0. The zero-order valence-electron chi connectivity index (χ0n) is 13.2. The second kappa shape index (κ2) is 7.14. The zero-order chi connectivity index (χ0) is 17.8. The first-order valence-electron chi connectivity index (χ1n) is 7.32. The summed E-state index contributed by atoms with van der Waals surface area (Å²) in [5.41, 5.74) is 1.52. The maximum absolute atomic E-state index is 12.2. The summed E-state index contributed by atoms with van der Waals surface area (Å²) in [6.07, 6.45) is 1.58. The fourth-order valence-electron chi connectivity index (χ4n) is 2.15. The van der Waals surface area contributed by atoms with E-state index in [0.717, 1.165) is 5.56 Å². The molecule has 3 rings (SSSR count). The molecule has 126 valence electrons. The number of benzene rings is 2. The molecule has 2 aromatic carbocycles. The average Bonchev–Trinajstić information content (AvgIpc) is 3.10. The van der Waals surface area contributed by atoms with Gasteiger partial charge in [-0.05, 0) is 36.4 Å². The van der Waals surface area contributed by atoms with Crippen molar-refractivity contribution >= 4 is 28.2 Å². The molecule has 0 saturated carbocycles. The lowest BCUT2D eigenvalue weighted by molar-refractivity contribution is 0.0696. The molecule has 0 radical (unpaired) electrons. The fourth-order valence-corrected chi connectivity index (χ4v) is 2.96. The number of carbonyl (C=O) groups is 2. The van der Waals surface area contributed by atoms with E-state index in [1.807, 2.05) is 0 Å². The van der Waals surface area contributed by atoms with Gasteiger partial charge in [0.25, 0.3) is 5.91 Å². The monoisotopic (exact) mass is 354 g/mol. The van der Waals surface area contributed by atoms with Gasteiger partial charge in [0, 0.05) is 11.1 Å². The number of carboxylic acid groups (broad SMARTS) is 1. The number of hydrogen-bond acceptors (Lipinski definition) is 5. The van der Waals surface area contributed by atoms with Crippen LogP contribution in [-0.4, -0.2) is 29.1 Å². The van der Waals surface area contributed by atoms with Crippen LogP contribution < -0.4 is 10.1 Å². The van der Waals surface area contributed by atoms with Crippen molar-refractivity contribution in [3.63, 3.8) is 0 Å². The number of methoxy groups -OCH3 is 1. The first-order valence-corrected chi connectivity index (χ1v) is 8.13. The van der Waals surface area contributed by atoms with Crippen molar-refractivity contribution in [3.8, 4) is 16.3 Å². The van der Waals surface area contributed by atoms with E-state index in [1.165, 1.54) is 23.5 Å². The molecule has 3 aromatic rings. The Balaban J connectivity index is 1.72. The zero-order valence-corrected chi connectivity index (χ0v) is 14.0. The fraction of sp³-hybridized carbons (Fsp3) is 0.0556. The largest absolute Gasteiger partial charge is 0.497 e. The lowest BCUT2D eigenvalue weighted by Crippen LogP contribution is -2.10. The minimum atomic E-state index is -0.974. The Morgan fingerprint density at radius 1 is 1.04 bits per heavy atom. The molecular formula is C18H14N2O4S. The highest BCUT2D eigenvalue weighted by molar-refractivity contribution is 7.19. The summed E-state index contributed by atoms with van der Waals surface area (Å²) in [5.74, 6) is -0.529. The molecule has 0 unspecified atom stereocenters. The number of aromatic carboxylic acids is 1. The van der Waals surface area contributed by atoms with Crippen LogP contribution in [0, 0.1) is 0 Å². The van der Waals surface area contributed by atoms with Crippen LogP contribution in [0.1, 0.15) is 20.7 Å². The van der Waals surface area contributed by atoms with E-state index in [1.54, 1.807) is 49.7 Å². The Labute approximate surface area is 147 Å². The maximum Gasteiger partial charge on any atom is 0.335 e. The standard InChI is InChI=1S/C18H14N2O4S/c1-24-14-8-6-11(7-9-14)16(21)20-15-10-19-17(25-15)12-2-4-13(5-3-12)18(22)23/h2-10H,1H3,(H,20,21)(H,22,23). The highest BCUT2D eigenvalue weighted by Gasteiger charge is 2.11. The number of hydrogen-bond donors (Lipinski definition) is 2. The van der Waals surface area contributed by atoms with Gasteiger partial charge < -0.3 is 15.2 Å². The third kappa shape index (κ3) is 3.84. The van der Waals surface area contributed by atoms with Crippen molar-refractivity contribution in [2.24, 2.45) is 0 Å². The van der Waals surface area contributed by atoms with Crippen LogP contribution in [0.3, 0.4) is 0 Å². The summed E-state index contributed by atoms with van der Waals surface area (Å²) in [7, 11) is 1.57. The summed E-state index contributed by atoms with van der Waals surface area (Å²) in [4.78, 5) is 27.4. The third-order valence-electron chi connectivity index (χ3n) is 3.47. The Morgan fingerprint density at radius 2 is 1.68 bits per heavy atom.